The number of carboxylic acids is 1. The number of carboxylic acid groups (broad SMARTS) is 1. The Morgan fingerprint density at radius 1 is 1.50 bits per heavy atom. The fourth-order valence-electron chi connectivity index (χ4n) is 1.67. The van der Waals surface area contributed by atoms with Crippen molar-refractivity contribution < 1.29 is 14.3 Å². The topological polar surface area (TPSA) is 37.3 Å². The quantitative estimate of drug-likeness (QED) is 0.877. The van der Waals surface area contributed by atoms with Crippen LogP contribution in [0.3, 0.4) is 0 Å². The number of rotatable bonds is 4. The van der Waals surface area contributed by atoms with E-state index in [0.717, 1.165) is 0 Å². The highest BCUT2D eigenvalue weighted by Gasteiger charge is 2.20. The van der Waals surface area contributed by atoms with Crippen molar-refractivity contribution in [3.05, 3.63) is 34.6 Å². The van der Waals surface area contributed by atoms with Crippen molar-refractivity contribution in [3.63, 3.8) is 0 Å². The van der Waals surface area contributed by atoms with E-state index in [1.165, 1.54) is 12.1 Å². The summed E-state index contributed by atoms with van der Waals surface area (Å²) in [4.78, 5) is 10.7. The molecule has 0 fully saturated rings. The van der Waals surface area contributed by atoms with Gasteiger partial charge in [0.2, 0.25) is 0 Å². The lowest BCUT2D eigenvalue weighted by Gasteiger charge is -2.19. The third-order valence-electron chi connectivity index (χ3n) is 2.57. The van der Waals surface area contributed by atoms with Crippen LogP contribution in [0, 0.1) is 11.7 Å². The highest BCUT2D eigenvalue weighted by atomic mass is 35.5. The number of hydrogen-bond acceptors (Lipinski definition) is 1. The molecule has 0 saturated carbocycles. The maximum atomic E-state index is 13.3. The van der Waals surface area contributed by atoms with E-state index >= 15 is 0 Å². The minimum atomic E-state index is -0.881. The van der Waals surface area contributed by atoms with Crippen molar-refractivity contribution in [2.24, 2.45) is 5.92 Å². The summed E-state index contributed by atoms with van der Waals surface area (Å²) in [7, 11) is 0. The Balaban J connectivity index is 3.01. The maximum Gasteiger partial charge on any atom is 0.303 e. The summed E-state index contributed by atoms with van der Waals surface area (Å²) in [5, 5.41) is 8.86. The zero-order valence-electron chi connectivity index (χ0n) is 9.21. The van der Waals surface area contributed by atoms with Gasteiger partial charge < -0.3 is 5.11 Å². The Morgan fingerprint density at radius 2 is 2.12 bits per heavy atom. The SMILES string of the molecule is CC(C)C(CC(=O)O)c1ccc(Cl)c(F)c1. The second-order valence-corrected chi connectivity index (χ2v) is 4.53. The van der Waals surface area contributed by atoms with Gasteiger partial charge in [0.05, 0.1) is 11.4 Å². The van der Waals surface area contributed by atoms with Crippen LogP contribution in [0.15, 0.2) is 18.2 Å². The lowest BCUT2D eigenvalue weighted by molar-refractivity contribution is -0.137. The molecule has 1 aromatic rings. The minimum absolute atomic E-state index is 0.00125. The predicted molar refractivity (Wildman–Crippen MR) is 61.2 cm³/mol. The van der Waals surface area contributed by atoms with Crippen molar-refractivity contribution >= 4 is 17.6 Å². The second-order valence-electron chi connectivity index (χ2n) is 4.12. The minimum Gasteiger partial charge on any atom is -0.481 e. The molecule has 0 aromatic heterocycles. The van der Waals surface area contributed by atoms with Gasteiger partial charge in [-0.25, -0.2) is 4.39 Å². The normalized spacial score (nSPS) is 12.8. The molecule has 0 aliphatic rings. The van der Waals surface area contributed by atoms with Gasteiger partial charge in [0, 0.05) is 0 Å². The Labute approximate surface area is 99.0 Å². The molecule has 16 heavy (non-hydrogen) atoms. The largest absolute Gasteiger partial charge is 0.481 e. The molecule has 1 unspecified atom stereocenters. The first-order chi connectivity index (χ1) is 7.41. The Kier molecular flexibility index (Phi) is 4.30. The summed E-state index contributed by atoms with van der Waals surface area (Å²) in [6.07, 6.45) is -0.00125. The van der Waals surface area contributed by atoms with Crippen LogP contribution in [-0.2, 0) is 4.79 Å². The van der Waals surface area contributed by atoms with Gasteiger partial charge in [-0.2, -0.15) is 0 Å². The van der Waals surface area contributed by atoms with Crippen molar-refractivity contribution in [1.29, 1.82) is 0 Å². The molecule has 2 nitrogen and oxygen atoms in total. The lowest BCUT2D eigenvalue weighted by atomic mass is 9.86. The van der Waals surface area contributed by atoms with E-state index in [0.29, 0.717) is 5.56 Å². The van der Waals surface area contributed by atoms with Crippen molar-refractivity contribution in [1.82, 2.24) is 0 Å². The summed E-state index contributed by atoms with van der Waals surface area (Å²) in [5.41, 5.74) is 0.680. The third-order valence-corrected chi connectivity index (χ3v) is 2.88. The second kappa shape index (κ2) is 5.30. The van der Waals surface area contributed by atoms with E-state index in [9.17, 15) is 9.18 Å². The molecule has 0 amide bonds. The zero-order chi connectivity index (χ0) is 12.3. The molecule has 0 aliphatic carbocycles. The molecule has 0 spiro atoms. The van der Waals surface area contributed by atoms with Crippen LogP contribution in [0.25, 0.3) is 0 Å². The zero-order valence-corrected chi connectivity index (χ0v) is 9.96. The van der Waals surface area contributed by atoms with Crippen LogP contribution in [0.5, 0.6) is 0 Å². The summed E-state index contributed by atoms with van der Waals surface area (Å²) in [6, 6.07) is 4.46. The highest BCUT2D eigenvalue weighted by Crippen LogP contribution is 2.30. The fourth-order valence-corrected chi connectivity index (χ4v) is 1.79. The van der Waals surface area contributed by atoms with Gasteiger partial charge in [0.25, 0.3) is 0 Å². The summed E-state index contributed by atoms with van der Waals surface area (Å²) >= 11 is 5.58. The lowest BCUT2D eigenvalue weighted by Crippen LogP contribution is -2.12. The number of hydrogen-bond donors (Lipinski definition) is 1. The molecular formula is C12H14ClFO2. The van der Waals surface area contributed by atoms with Gasteiger partial charge in [-0.3, -0.25) is 4.79 Å². The first-order valence-electron chi connectivity index (χ1n) is 5.08. The molecule has 1 aromatic carbocycles. The standard InChI is InChI=1S/C12H14ClFO2/c1-7(2)9(6-12(15)16)8-3-4-10(13)11(14)5-8/h3-5,7,9H,6H2,1-2H3,(H,15,16). The Bertz CT molecular complexity index is 391. The molecule has 88 valence electrons. The van der Waals surface area contributed by atoms with Crippen LogP contribution < -0.4 is 0 Å². The fraction of sp³-hybridized carbons (Fsp3) is 0.417. The molecule has 0 aliphatic heterocycles. The van der Waals surface area contributed by atoms with E-state index in [4.69, 9.17) is 16.7 Å². The maximum absolute atomic E-state index is 13.3. The third kappa shape index (κ3) is 3.20. The summed E-state index contributed by atoms with van der Waals surface area (Å²) in [6.45, 7) is 3.83. The molecule has 0 bridgehead atoms. The molecular weight excluding hydrogens is 231 g/mol. The van der Waals surface area contributed by atoms with Crippen LogP contribution in [0.2, 0.25) is 5.02 Å². The van der Waals surface area contributed by atoms with Gasteiger partial charge in [-0.15, -0.1) is 0 Å². The molecule has 1 rings (SSSR count). The van der Waals surface area contributed by atoms with Gasteiger partial charge >= 0.3 is 5.97 Å². The highest BCUT2D eigenvalue weighted by molar-refractivity contribution is 6.30. The van der Waals surface area contributed by atoms with Gasteiger partial charge in [0.15, 0.2) is 0 Å². The predicted octanol–water partition coefficient (Wildman–Crippen LogP) is 3.69. The first kappa shape index (κ1) is 13.0. The number of benzene rings is 1. The van der Waals surface area contributed by atoms with E-state index in [2.05, 4.69) is 0 Å². The van der Waals surface area contributed by atoms with Crippen LogP contribution in [-0.4, -0.2) is 11.1 Å². The molecule has 0 radical (unpaired) electrons. The van der Waals surface area contributed by atoms with E-state index in [-0.39, 0.29) is 23.3 Å². The monoisotopic (exact) mass is 244 g/mol. The molecule has 0 saturated heterocycles. The van der Waals surface area contributed by atoms with Crippen molar-refractivity contribution in [2.75, 3.05) is 0 Å². The number of halogens is 2. The number of carbonyl (C=O) groups is 1. The molecule has 4 heteroatoms. The summed E-state index contributed by atoms with van der Waals surface area (Å²) in [5.74, 6) is -1.44. The summed E-state index contributed by atoms with van der Waals surface area (Å²) < 4.78 is 13.3. The van der Waals surface area contributed by atoms with Crippen LogP contribution in [0.4, 0.5) is 4.39 Å². The molecule has 0 heterocycles. The van der Waals surface area contributed by atoms with Crippen molar-refractivity contribution in [3.8, 4) is 0 Å². The van der Waals surface area contributed by atoms with Gasteiger partial charge in [-0.1, -0.05) is 31.5 Å². The van der Waals surface area contributed by atoms with Crippen molar-refractivity contribution in [2.45, 2.75) is 26.2 Å². The van der Waals surface area contributed by atoms with Gasteiger partial charge in [-0.05, 0) is 29.5 Å². The van der Waals surface area contributed by atoms with E-state index in [1.807, 2.05) is 13.8 Å². The van der Waals surface area contributed by atoms with E-state index in [1.54, 1.807) is 6.07 Å². The van der Waals surface area contributed by atoms with Crippen LogP contribution >= 0.6 is 11.6 Å². The van der Waals surface area contributed by atoms with E-state index < -0.39 is 11.8 Å². The molecule has 1 N–H and O–H groups in total. The average Bonchev–Trinajstić information content (AvgIpc) is 2.18. The first-order valence-corrected chi connectivity index (χ1v) is 5.46. The average molecular weight is 245 g/mol. The Hall–Kier alpha value is -1.09. The smallest absolute Gasteiger partial charge is 0.303 e. The Morgan fingerprint density at radius 3 is 2.56 bits per heavy atom. The van der Waals surface area contributed by atoms with Crippen LogP contribution in [0.1, 0.15) is 31.7 Å². The van der Waals surface area contributed by atoms with Gasteiger partial charge in [0.1, 0.15) is 5.82 Å². The molecule has 1 atom stereocenters. The number of aliphatic carboxylic acids is 1.